The van der Waals surface area contributed by atoms with Gasteiger partial charge in [-0.2, -0.15) is 0 Å². The fourth-order valence-electron chi connectivity index (χ4n) is 1.80. The monoisotopic (exact) mass is 282 g/mol. The van der Waals surface area contributed by atoms with E-state index in [0.29, 0.717) is 0 Å². The molecule has 3 nitrogen and oxygen atoms in total. The molecule has 2 rings (SSSR count). The van der Waals surface area contributed by atoms with Crippen molar-refractivity contribution in [3.8, 4) is 0 Å². The maximum Gasteiger partial charge on any atom is 0.112 e. The third-order valence-electron chi connectivity index (χ3n) is 2.76. The maximum atomic E-state index is 5.77. The zero-order chi connectivity index (χ0) is 11.5. The van der Waals surface area contributed by atoms with Gasteiger partial charge < -0.3 is 10.5 Å². The van der Waals surface area contributed by atoms with Gasteiger partial charge in [0, 0.05) is 30.2 Å². The molecule has 0 saturated carbocycles. The summed E-state index contributed by atoms with van der Waals surface area (Å²) in [5, 5.41) is 3.26. The second-order valence-corrected chi connectivity index (χ2v) is 4.66. The van der Waals surface area contributed by atoms with E-state index in [1.807, 2.05) is 12.1 Å². The summed E-state index contributed by atoms with van der Waals surface area (Å²) >= 11 is 3.45. The van der Waals surface area contributed by atoms with E-state index in [9.17, 15) is 0 Å². The Kier molecular flexibility index (Phi) is 3.63. The van der Waals surface area contributed by atoms with Gasteiger partial charge in [0.15, 0.2) is 0 Å². The third kappa shape index (κ3) is 2.45. The first kappa shape index (κ1) is 11.6. The molecule has 0 aromatic heterocycles. The van der Waals surface area contributed by atoms with Crippen LogP contribution in [0.3, 0.4) is 0 Å². The van der Waals surface area contributed by atoms with Crippen molar-refractivity contribution in [2.75, 3.05) is 19.4 Å². The van der Waals surface area contributed by atoms with Crippen LogP contribution in [0.15, 0.2) is 28.7 Å². The molecular formula is C12H15BrN2O. The summed E-state index contributed by atoms with van der Waals surface area (Å²) in [4.78, 5) is 0. The van der Waals surface area contributed by atoms with Crippen LogP contribution in [0.2, 0.25) is 0 Å². The summed E-state index contributed by atoms with van der Waals surface area (Å²) in [6.45, 7) is 0.843. The second kappa shape index (κ2) is 4.99. The molecule has 3 N–H and O–H groups in total. The minimum Gasteiger partial charge on any atom is -0.398 e. The van der Waals surface area contributed by atoms with Crippen LogP contribution in [-0.2, 0) is 4.74 Å². The fraction of sp³-hybridized carbons (Fsp3) is 0.333. The van der Waals surface area contributed by atoms with Crippen LogP contribution in [-0.4, -0.2) is 19.9 Å². The molecule has 1 aromatic carbocycles. The van der Waals surface area contributed by atoms with Crippen molar-refractivity contribution in [3.05, 3.63) is 34.3 Å². The maximum absolute atomic E-state index is 5.77. The fourth-order valence-corrected chi connectivity index (χ4v) is 2.18. The molecule has 4 heteroatoms. The van der Waals surface area contributed by atoms with Gasteiger partial charge in [-0.25, -0.2) is 0 Å². The van der Waals surface area contributed by atoms with Crippen LogP contribution in [0.5, 0.6) is 0 Å². The van der Waals surface area contributed by atoms with Crippen LogP contribution in [0.4, 0.5) is 5.69 Å². The highest BCUT2D eigenvalue weighted by atomic mass is 79.9. The number of nitrogen functional groups attached to an aromatic ring is 1. The predicted octanol–water partition coefficient (Wildman–Crippen LogP) is 2.38. The van der Waals surface area contributed by atoms with Gasteiger partial charge in [-0.3, -0.25) is 5.32 Å². The minimum atomic E-state index is 0.108. The average Bonchev–Trinajstić information content (AvgIpc) is 2.33. The standard InChI is InChI=1S/C12H15BrN2O/c1-16-12-7-9(4-5-15-12)8-2-3-11(14)10(13)6-8/h2-4,6,12,15H,5,7,14H2,1H3. The first-order chi connectivity index (χ1) is 7.70. The summed E-state index contributed by atoms with van der Waals surface area (Å²) in [5.41, 5.74) is 9.03. The van der Waals surface area contributed by atoms with E-state index in [-0.39, 0.29) is 6.23 Å². The Morgan fingerprint density at radius 3 is 3.00 bits per heavy atom. The zero-order valence-electron chi connectivity index (χ0n) is 9.16. The quantitative estimate of drug-likeness (QED) is 0.819. The van der Waals surface area contributed by atoms with Crippen molar-refractivity contribution in [2.24, 2.45) is 0 Å². The molecule has 1 aliphatic rings. The number of nitrogens with one attached hydrogen (secondary N) is 1. The summed E-state index contributed by atoms with van der Waals surface area (Å²) < 4.78 is 6.25. The largest absolute Gasteiger partial charge is 0.398 e. The third-order valence-corrected chi connectivity index (χ3v) is 3.44. The molecular weight excluding hydrogens is 268 g/mol. The average molecular weight is 283 g/mol. The van der Waals surface area contributed by atoms with Crippen LogP contribution in [0, 0.1) is 0 Å². The van der Waals surface area contributed by atoms with Crippen molar-refractivity contribution in [2.45, 2.75) is 12.6 Å². The molecule has 16 heavy (non-hydrogen) atoms. The van der Waals surface area contributed by atoms with Crippen molar-refractivity contribution < 1.29 is 4.74 Å². The zero-order valence-corrected chi connectivity index (χ0v) is 10.8. The van der Waals surface area contributed by atoms with Crippen molar-refractivity contribution >= 4 is 27.2 Å². The lowest BCUT2D eigenvalue weighted by molar-refractivity contribution is 0.0787. The lowest BCUT2D eigenvalue weighted by atomic mass is 9.99. The van der Waals surface area contributed by atoms with Crippen molar-refractivity contribution in [1.29, 1.82) is 0 Å². The first-order valence-corrected chi connectivity index (χ1v) is 6.00. The second-order valence-electron chi connectivity index (χ2n) is 3.80. The number of benzene rings is 1. The van der Waals surface area contributed by atoms with Gasteiger partial charge in [0.2, 0.25) is 0 Å². The minimum absolute atomic E-state index is 0.108. The molecule has 0 amide bonds. The molecule has 1 atom stereocenters. The molecule has 86 valence electrons. The number of hydrogen-bond donors (Lipinski definition) is 2. The number of halogens is 1. The van der Waals surface area contributed by atoms with Crippen molar-refractivity contribution in [3.63, 3.8) is 0 Å². The highest BCUT2D eigenvalue weighted by Crippen LogP contribution is 2.28. The Labute approximate surface area is 104 Å². The number of ether oxygens (including phenoxy) is 1. The SMILES string of the molecule is COC1CC(c2ccc(N)c(Br)c2)=CCN1. The van der Waals surface area contributed by atoms with E-state index in [0.717, 1.165) is 23.1 Å². The number of methoxy groups -OCH3 is 1. The van der Waals surface area contributed by atoms with Gasteiger partial charge in [0.05, 0.1) is 0 Å². The van der Waals surface area contributed by atoms with Crippen LogP contribution in [0.1, 0.15) is 12.0 Å². The van der Waals surface area contributed by atoms with Crippen molar-refractivity contribution in [1.82, 2.24) is 5.32 Å². The predicted molar refractivity (Wildman–Crippen MR) is 69.9 cm³/mol. The summed E-state index contributed by atoms with van der Waals surface area (Å²) in [6, 6.07) is 6.02. The molecule has 1 aliphatic heterocycles. The lowest BCUT2D eigenvalue weighted by Gasteiger charge is -2.23. The normalized spacial score (nSPS) is 20.6. The lowest BCUT2D eigenvalue weighted by Crippen LogP contribution is -2.34. The molecule has 0 radical (unpaired) electrons. The Balaban J connectivity index is 2.23. The highest BCUT2D eigenvalue weighted by molar-refractivity contribution is 9.10. The van der Waals surface area contributed by atoms with Gasteiger partial charge in [-0.15, -0.1) is 0 Å². The van der Waals surface area contributed by atoms with Gasteiger partial charge >= 0.3 is 0 Å². The van der Waals surface area contributed by atoms with E-state index in [4.69, 9.17) is 10.5 Å². The number of hydrogen-bond acceptors (Lipinski definition) is 3. The molecule has 0 fully saturated rings. The van der Waals surface area contributed by atoms with Gasteiger partial charge in [0.25, 0.3) is 0 Å². The topological polar surface area (TPSA) is 47.3 Å². The molecule has 1 aromatic rings. The smallest absolute Gasteiger partial charge is 0.112 e. The summed E-state index contributed by atoms with van der Waals surface area (Å²) in [7, 11) is 1.72. The van der Waals surface area contributed by atoms with Gasteiger partial charge in [0.1, 0.15) is 6.23 Å². The van der Waals surface area contributed by atoms with Crippen LogP contribution >= 0.6 is 15.9 Å². The van der Waals surface area contributed by atoms with Gasteiger partial charge in [-0.05, 0) is 39.2 Å². The van der Waals surface area contributed by atoms with E-state index < -0.39 is 0 Å². The number of nitrogens with two attached hydrogens (primary N) is 1. The Bertz CT molecular complexity index is 417. The van der Waals surface area contributed by atoms with Crippen LogP contribution < -0.4 is 11.1 Å². The molecule has 1 heterocycles. The van der Waals surface area contributed by atoms with E-state index >= 15 is 0 Å². The highest BCUT2D eigenvalue weighted by Gasteiger charge is 2.15. The molecule has 1 unspecified atom stereocenters. The van der Waals surface area contributed by atoms with E-state index in [1.165, 1.54) is 11.1 Å². The number of anilines is 1. The molecule has 0 saturated heterocycles. The summed E-state index contributed by atoms with van der Waals surface area (Å²) in [6.07, 6.45) is 3.18. The van der Waals surface area contributed by atoms with Crippen LogP contribution in [0.25, 0.3) is 5.57 Å². The first-order valence-electron chi connectivity index (χ1n) is 5.21. The van der Waals surface area contributed by atoms with E-state index in [1.54, 1.807) is 7.11 Å². The van der Waals surface area contributed by atoms with Gasteiger partial charge in [-0.1, -0.05) is 12.1 Å². The molecule has 0 aliphatic carbocycles. The number of rotatable bonds is 2. The molecule has 0 bridgehead atoms. The van der Waals surface area contributed by atoms with E-state index in [2.05, 4.69) is 33.4 Å². The molecule has 0 spiro atoms. The Morgan fingerprint density at radius 1 is 1.50 bits per heavy atom. The summed E-state index contributed by atoms with van der Waals surface area (Å²) in [5.74, 6) is 0. The Morgan fingerprint density at radius 2 is 2.31 bits per heavy atom. The Hall–Kier alpha value is -0.840.